The second kappa shape index (κ2) is 22.0. The number of fused-ring (bicyclic) bond motifs is 2. The highest BCUT2D eigenvalue weighted by atomic mass is 79.9. The van der Waals surface area contributed by atoms with Crippen molar-refractivity contribution in [2.24, 2.45) is 11.8 Å². The highest BCUT2D eigenvalue weighted by Crippen LogP contribution is 2.48. The SMILES string of the molecule is CCCC1CCC(c2ccc(-c3ccc4c(-c5c(OC(=O)c6ccc(Br)cc6F)ccc6cc(-c7ccc(C8CCC(CCC)CC8)cc7)ccc56)c(OC(=O)c5ccc(Br)cc5F)ccc4c3)cc2)CC1. The second-order valence-electron chi connectivity index (χ2n) is 20.0. The first-order valence-corrected chi connectivity index (χ1v) is 27.3. The minimum Gasteiger partial charge on any atom is -0.422 e. The number of carbonyl (C=O) groups excluding carboxylic acids is 2. The van der Waals surface area contributed by atoms with Crippen molar-refractivity contribution in [3.8, 4) is 44.9 Å². The fourth-order valence-corrected chi connectivity index (χ4v) is 12.2. The molecule has 0 radical (unpaired) electrons. The van der Waals surface area contributed by atoms with E-state index in [4.69, 9.17) is 9.47 Å². The predicted molar refractivity (Wildman–Crippen MR) is 295 cm³/mol. The molecular weight excluding hydrogens is 1030 g/mol. The summed E-state index contributed by atoms with van der Waals surface area (Å²) in [6, 6.07) is 45.7. The van der Waals surface area contributed by atoms with E-state index in [1.54, 1.807) is 24.3 Å². The van der Waals surface area contributed by atoms with Gasteiger partial charge in [-0.1, -0.05) is 156 Å². The van der Waals surface area contributed by atoms with E-state index in [2.05, 4.69) is 106 Å². The van der Waals surface area contributed by atoms with Crippen LogP contribution >= 0.6 is 31.9 Å². The topological polar surface area (TPSA) is 52.6 Å². The largest absolute Gasteiger partial charge is 0.422 e. The van der Waals surface area contributed by atoms with E-state index in [-0.39, 0.29) is 22.6 Å². The predicted octanol–water partition coefficient (Wildman–Crippen LogP) is 19.4. The van der Waals surface area contributed by atoms with Crippen LogP contribution in [0.15, 0.2) is 155 Å². The molecule has 72 heavy (non-hydrogen) atoms. The Balaban J connectivity index is 1.08. The maximum Gasteiger partial charge on any atom is 0.346 e. The average molecular weight is 1090 g/mol. The lowest BCUT2D eigenvalue weighted by atomic mass is 9.77. The van der Waals surface area contributed by atoms with Crippen molar-refractivity contribution in [2.45, 2.75) is 103 Å². The van der Waals surface area contributed by atoms with Gasteiger partial charge in [0.15, 0.2) is 0 Å². The number of carbonyl (C=O) groups is 2. The van der Waals surface area contributed by atoms with Crippen LogP contribution in [0.25, 0.3) is 54.9 Å². The number of benzene rings is 8. The molecule has 2 saturated carbocycles. The lowest BCUT2D eigenvalue weighted by molar-refractivity contribution is 0.0718. The molecule has 0 unspecified atom stereocenters. The van der Waals surface area contributed by atoms with E-state index in [1.807, 2.05) is 36.4 Å². The molecule has 366 valence electrons. The van der Waals surface area contributed by atoms with Gasteiger partial charge in [-0.05, 0) is 191 Å². The summed E-state index contributed by atoms with van der Waals surface area (Å²) in [6.07, 6.45) is 15.2. The zero-order valence-corrected chi connectivity index (χ0v) is 44.0. The van der Waals surface area contributed by atoms with Gasteiger partial charge < -0.3 is 9.47 Å². The second-order valence-corrected chi connectivity index (χ2v) is 21.9. The van der Waals surface area contributed by atoms with Gasteiger partial charge in [0.2, 0.25) is 0 Å². The highest BCUT2D eigenvalue weighted by molar-refractivity contribution is 9.10. The Kier molecular flexibility index (Phi) is 15.2. The van der Waals surface area contributed by atoms with Gasteiger partial charge in [0.25, 0.3) is 0 Å². The number of halogens is 4. The zero-order chi connectivity index (χ0) is 49.9. The van der Waals surface area contributed by atoms with Crippen molar-refractivity contribution in [2.75, 3.05) is 0 Å². The molecule has 0 saturated heterocycles. The first kappa shape index (κ1) is 49.6. The molecular formula is C64H58Br2F2O4. The quantitative estimate of drug-likeness (QED) is 0.0853. The van der Waals surface area contributed by atoms with Crippen molar-refractivity contribution in [3.05, 3.63) is 188 Å². The first-order chi connectivity index (χ1) is 35.0. The van der Waals surface area contributed by atoms with Crippen LogP contribution in [0.1, 0.15) is 135 Å². The van der Waals surface area contributed by atoms with Crippen molar-refractivity contribution in [3.63, 3.8) is 0 Å². The highest BCUT2D eigenvalue weighted by Gasteiger charge is 2.27. The molecule has 0 atom stereocenters. The Morgan fingerprint density at radius 1 is 0.458 bits per heavy atom. The van der Waals surface area contributed by atoms with Crippen LogP contribution in [0.5, 0.6) is 11.5 Å². The number of hydrogen-bond acceptors (Lipinski definition) is 4. The molecule has 2 aliphatic carbocycles. The molecule has 4 nitrogen and oxygen atoms in total. The van der Waals surface area contributed by atoms with Gasteiger partial charge in [0.1, 0.15) is 23.1 Å². The van der Waals surface area contributed by atoms with Crippen LogP contribution in [0, 0.1) is 23.5 Å². The number of rotatable bonds is 13. The summed E-state index contributed by atoms with van der Waals surface area (Å²) in [7, 11) is 0. The Morgan fingerprint density at radius 2 is 0.833 bits per heavy atom. The molecule has 0 spiro atoms. The fraction of sp³-hybridized carbons (Fsp3) is 0.281. The molecule has 8 aromatic rings. The first-order valence-electron chi connectivity index (χ1n) is 25.7. The molecule has 0 aliphatic heterocycles. The summed E-state index contributed by atoms with van der Waals surface area (Å²) in [5.41, 5.74) is 7.33. The van der Waals surface area contributed by atoms with E-state index >= 15 is 8.78 Å². The Bertz CT molecular complexity index is 3060. The zero-order valence-electron chi connectivity index (χ0n) is 40.8. The smallest absolute Gasteiger partial charge is 0.346 e. The van der Waals surface area contributed by atoms with Gasteiger partial charge in [0.05, 0.1) is 11.1 Å². The average Bonchev–Trinajstić information content (AvgIpc) is 3.39. The van der Waals surface area contributed by atoms with Crippen molar-refractivity contribution in [1.29, 1.82) is 0 Å². The lowest BCUT2D eigenvalue weighted by Gasteiger charge is -2.28. The maximum atomic E-state index is 15.4. The van der Waals surface area contributed by atoms with Gasteiger partial charge in [-0.3, -0.25) is 0 Å². The molecule has 0 bridgehead atoms. The van der Waals surface area contributed by atoms with Gasteiger partial charge in [-0.2, -0.15) is 0 Å². The van der Waals surface area contributed by atoms with Crippen LogP contribution in [0.2, 0.25) is 0 Å². The third-order valence-corrected chi connectivity index (χ3v) is 16.4. The summed E-state index contributed by atoms with van der Waals surface area (Å²) < 4.78 is 44.2. The van der Waals surface area contributed by atoms with Crippen molar-refractivity contribution < 1.29 is 27.8 Å². The molecule has 10 rings (SSSR count). The standard InChI is InChI=1S/C64H58Br2F2O4/c1-3-5-39-7-11-41(12-8-39)43-15-19-45(20-16-43)47-23-29-53-49(35-47)25-33-59(71-63(69)55-31-27-51(65)37-57(55)67)61(53)62-54-30-24-48(46-21-17-44(18-22-46)42-13-9-40(6-4-2)10-14-42)36-50(54)26-34-60(62)72-64(70)56-32-28-52(66)38-58(56)68/h15-42H,3-14H2,1-2H3. The molecule has 0 N–H and O–H groups in total. The molecule has 0 aromatic heterocycles. The van der Waals surface area contributed by atoms with Crippen molar-refractivity contribution in [1.82, 2.24) is 0 Å². The summed E-state index contributed by atoms with van der Waals surface area (Å²) in [5.74, 6) is -0.190. The van der Waals surface area contributed by atoms with Crippen LogP contribution < -0.4 is 9.47 Å². The minimum atomic E-state index is -0.897. The fourth-order valence-electron chi connectivity index (χ4n) is 11.6. The minimum absolute atomic E-state index is 0.128. The molecule has 2 fully saturated rings. The molecule has 8 heteroatoms. The number of hydrogen-bond donors (Lipinski definition) is 0. The van der Waals surface area contributed by atoms with E-state index in [0.29, 0.717) is 42.7 Å². The van der Waals surface area contributed by atoms with Gasteiger partial charge in [-0.25, -0.2) is 18.4 Å². The summed E-state index contributed by atoms with van der Waals surface area (Å²) in [6.45, 7) is 4.56. The molecule has 0 amide bonds. The Labute approximate surface area is 438 Å². The molecule has 8 aromatic carbocycles. The molecule has 2 aliphatic rings. The summed E-state index contributed by atoms with van der Waals surface area (Å²) in [4.78, 5) is 28.1. The van der Waals surface area contributed by atoms with E-state index in [0.717, 1.165) is 44.9 Å². The summed E-state index contributed by atoms with van der Waals surface area (Å²) in [5, 5.41) is 3.06. The maximum absolute atomic E-state index is 15.4. The number of esters is 2. The van der Waals surface area contributed by atoms with E-state index < -0.39 is 23.6 Å². The van der Waals surface area contributed by atoms with E-state index in [1.165, 1.54) is 112 Å². The third-order valence-electron chi connectivity index (χ3n) is 15.4. The van der Waals surface area contributed by atoms with Crippen LogP contribution in [0.4, 0.5) is 8.78 Å². The normalized spacial score (nSPS) is 18.0. The van der Waals surface area contributed by atoms with Gasteiger partial charge in [-0.15, -0.1) is 0 Å². The Hall–Kier alpha value is -5.96. The van der Waals surface area contributed by atoms with Crippen LogP contribution in [-0.4, -0.2) is 11.9 Å². The van der Waals surface area contributed by atoms with Gasteiger partial charge in [0, 0.05) is 20.1 Å². The van der Waals surface area contributed by atoms with Gasteiger partial charge >= 0.3 is 11.9 Å². The summed E-state index contributed by atoms with van der Waals surface area (Å²) >= 11 is 6.59. The number of ether oxygens (including phenoxy) is 2. The molecule has 0 heterocycles. The van der Waals surface area contributed by atoms with Crippen molar-refractivity contribution >= 4 is 65.3 Å². The third kappa shape index (κ3) is 10.7. The van der Waals surface area contributed by atoms with Crippen LogP contribution in [-0.2, 0) is 0 Å². The lowest BCUT2D eigenvalue weighted by Crippen LogP contribution is -2.13. The Morgan fingerprint density at radius 3 is 1.19 bits per heavy atom. The van der Waals surface area contributed by atoms with E-state index in [9.17, 15) is 9.59 Å². The monoisotopic (exact) mass is 1090 g/mol. The van der Waals surface area contributed by atoms with Crippen LogP contribution in [0.3, 0.4) is 0 Å².